The molecule has 1 aromatic carbocycles. The molecule has 1 heterocycles. The summed E-state index contributed by atoms with van der Waals surface area (Å²) in [6.07, 6.45) is 4.33. The summed E-state index contributed by atoms with van der Waals surface area (Å²) in [6, 6.07) is 6.97. The maximum atomic E-state index is 12.0. The number of carbonyl (C=O) groups excluding carboxylic acids is 1. The second-order valence-corrected chi connectivity index (χ2v) is 4.91. The van der Waals surface area contributed by atoms with Crippen LogP contribution in [0.5, 0.6) is 5.75 Å². The van der Waals surface area contributed by atoms with Gasteiger partial charge in [-0.3, -0.25) is 4.90 Å². The molecule has 90 valence electrons. The highest BCUT2D eigenvalue weighted by Gasteiger charge is 2.48. The summed E-state index contributed by atoms with van der Waals surface area (Å²) in [5.41, 5.74) is 0.514. The molecular weight excluding hydrogens is 216 g/mol. The molecule has 4 heteroatoms. The number of urea groups is 1. The third-order valence-corrected chi connectivity index (χ3v) is 3.90. The van der Waals surface area contributed by atoms with E-state index < -0.39 is 0 Å². The van der Waals surface area contributed by atoms with Crippen molar-refractivity contribution in [1.29, 1.82) is 0 Å². The number of phenols is 1. The topological polar surface area (TPSA) is 52.6 Å². The second kappa shape index (κ2) is 3.65. The molecule has 2 amide bonds. The maximum absolute atomic E-state index is 12.0. The van der Waals surface area contributed by atoms with Gasteiger partial charge in [0.1, 0.15) is 5.75 Å². The van der Waals surface area contributed by atoms with Gasteiger partial charge in [-0.25, -0.2) is 4.79 Å². The second-order valence-electron chi connectivity index (χ2n) is 4.91. The number of rotatable bonds is 1. The molecule has 1 aromatic rings. The minimum absolute atomic E-state index is 0.0894. The number of nitrogens with one attached hydrogen (secondary N) is 1. The van der Waals surface area contributed by atoms with E-state index in [0.29, 0.717) is 12.2 Å². The molecular formula is C13H16N2O2. The molecule has 0 aromatic heterocycles. The molecule has 0 atom stereocenters. The lowest BCUT2D eigenvalue weighted by molar-refractivity contribution is 0.250. The highest BCUT2D eigenvalue weighted by molar-refractivity contribution is 5.97. The first-order valence-electron chi connectivity index (χ1n) is 6.09. The van der Waals surface area contributed by atoms with E-state index in [2.05, 4.69) is 5.32 Å². The van der Waals surface area contributed by atoms with Crippen molar-refractivity contribution >= 4 is 11.7 Å². The van der Waals surface area contributed by atoms with Gasteiger partial charge in [0.2, 0.25) is 0 Å². The fraction of sp³-hybridized carbons (Fsp3) is 0.462. The molecule has 0 radical (unpaired) electrons. The Morgan fingerprint density at radius 2 is 1.94 bits per heavy atom. The molecule has 1 saturated heterocycles. The minimum atomic E-state index is -0.115. The van der Waals surface area contributed by atoms with Gasteiger partial charge in [0.25, 0.3) is 0 Å². The van der Waals surface area contributed by atoms with Gasteiger partial charge in [-0.05, 0) is 25.0 Å². The molecule has 2 fully saturated rings. The Hall–Kier alpha value is -1.71. The first-order valence-corrected chi connectivity index (χ1v) is 6.09. The quantitative estimate of drug-likeness (QED) is 0.780. The molecule has 2 aliphatic rings. The molecule has 0 bridgehead atoms. The zero-order valence-electron chi connectivity index (χ0n) is 9.65. The third-order valence-electron chi connectivity index (χ3n) is 3.90. The van der Waals surface area contributed by atoms with E-state index in [-0.39, 0.29) is 17.3 Å². The molecule has 4 nitrogen and oxygen atoms in total. The number of hydrogen-bond donors (Lipinski definition) is 2. The highest BCUT2D eigenvalue weighted by Crippen LogP contribution is 2.43. The lowest BCUT2D eigenvalue weighted by atomic mass is 9.96. The standard InChI is InChI=1S/C13H16N2O2/c16-11-6-2-1-5-10(11)15-12(17)14-9-13(15)7-3-4-8-13/h1-2,5-6,16H,3-4,7-9H2,(H,14,17). The molecule has 17 heavy (non-hydrogen) atoms. The van der Waals surface area contributed by atoms with Crippen LogP contribution in [0.15, 0.2) is 24.3 Å². The van der Waals surface area contributed by atoms with Crippen molar-refractivity contribution in [3.05, 3.63) is 24.3 Å². The van der Waals surface area contributed by atoms with Crippen LogP contribution in [0, 0.1) is 0 Å². The van der Waals surface area contributed by atoms with Crippen molar-refractivity contribution in [3.8, 4) is 5.75 Å². The van der Waals surface area contributed by atoms with Gasteiger partial charge in [0.05, 0.1) is 11.2 Å². The molecule has 0 unspecified atom stereocenters. The van der Waals surface area contributed by atoms with E-state index in [9.17, 15) is 9.90 Å². The summed E-state index contributed by atoms with van der Waals surface area (Å²) >= 11 is 0. The lowest BCUT2D eigenvalue weighted by Gasteiger charge is -2.33. The summed E-state index contributed by atoms with van der Waals surface area (Å²) in [7, 11) is 0. The van der Waals surface area contributed by atoms with Crippen LogP contribution < -0.4 is 10.2 Å². The van der Waals surface area contributed by atoms with Crippen LogP contribution in [0.25, 0.3) is 0 Å². The Kier molecular flexibility index (Phi) is 2.24. The normalized spacial score (nSPS) is 22.1. The maximum Gasteiger partial charge on any atom is 0.322 e. The molecule has 1 aliphatic carbocycles. The van der Waals surface area contributed by atoms with Crippen LogP contribution in [0.4, 0.5) is 10.5 Å². The van der Waals surface area contributed by atoms with E-state index in [1.807, 2.05) is 6.07 Å². The summed E-state index contributed by atoms with van der Waals surface area (Å²) in [5, 5.41) is 12.8. The van der Waals surface area contributed by atoms with E-state index in [4.69, 9.17) is 0 Å². The van der Waals surface area contributed by atoms with Crippen LogP contribution in [0.2, 0.25) is 0 Å². The number of aromatic hydroxyl groups is 1. The molecule has 1 saturated carbocycles. The van der Waals surface area contributed by atoms with Crippen LogP contribution in [-0.2, 0) is 0 Å². The van der Waals surface area contributed by atoms with Crippen LogP contribution in [-0.4, -0.2) is 23.2 Å². The fourth-order valence-electron chi connectivity index (χ4n) is 3.07. The SMILES string of the molecule is O=C1NCC2(CCCC2)N1c1ccccc1O. The number of amides is 2. The minimum Gasteiger partial charge on any atom is -0.506 e. The monoisotopic (exact) mass is 232 g/mol. The van der Waals surface area contributed by atoms with E-state index in [0.717, 1.165) is 25.7 Å². The van der Waals surface area contributed by atoms with Gasteiger partial charge >= 0.3 is 6.03 Å². The molecule has 1 spiro atoms. The first kappa shape index (κ1) is 10.4. The Labute approximate surface area is 100 Å². The summed E-state index contributed by atoms with van der Waals surface area (Å²) < 4.78 is 0. The molecule has 1 aliphatic heterocycles. The first-order chi connectivity index (χ1) is 8.23. The largest absolute Gasteiger partial charge is 0.506 e. The van der Waals surface area contributed by atoms with Gasteiger partial charge in [-0.2, -0.15) is 0 Å². The Bertz CT molecular complexity index is 452. The number of anilines is 1. The summed E-state index contributed by atoms with van der Waals surface area (Å²) in [6.45, 7) is 0.695. The van der Waals surface area contributed by atoms with Gasteiger partial charge in [0, 0.05) is 6.54 Å². The Morgan fingerprint density at radius 1 is 1.24 bits per heavy atom. The van der Waals surface area contributed by atoms with Crippen molar-refractivity contribution < 1.29 is 9.90 Å². The molecule has 2 N–H and O–H groups in total. The zero-order valence-corrected chi connectivity index (χ0v) is 9.65. The number of nitrogens with zero attached hydrogens (tertiary/aromatic N) is 1. The van der Waals surface area contributed by atoms with Crippen molar-refractivity contribution in [2.75, 3.05) is 11.4 Å². The number of para-hydroxylation sites is 2. The van der Waals surface area contributed by atoms with E-state index in [1.54, 1.807) is 23.1 Å². The number of carbonyl (C=O) groups is 1. The van der Waals surface area contributed by atoms with Crippen LogP contribution in [0.1, 0.15) is 25.7 Å². The number of benzene rings is 1. The van der Waals surface area contributed by atoms with Gasteiger partial charge < -0.3 is 10.4 Å². The van der Waals surface area contributed by atoms with Crippen LogP contribution in [0.3, 0.4) is 0 Å². The number of hydrogen-bond acceptors (Lipinski definition) is 2. The summed E-state index contributed by atoms with van der Waals surface area (Å²) in [4.78, 5) is 13.8. The Morgan fingerprint density at radius 3 is 2.65 bits per heavy atom. The van der Waals surface area contributed by atoms with E-state index >= 15 is 0 Å². The average molecular weight is 232 g/mol. The lowest BCUT2D eigenvalue weighted by Crippen LogP contribution is -2.45. The van der Waals surface area contributed by atoms with Gasteiger partial charge in [-0.1, -0.05) is 25.0 Å². The number of phenolic OH excluding ortho intramolecular Hbond substituents is 1. The fourth-order valence-corrected chi connectivity index (χ4v) is 3.07. The van der Waals surface area contributed by atoms with Crippen molar-refractivity contribution in [2.45, 2.75) is 31.2 Å². The third kappa shape index (κ3) is 1.47. The van der Waals surface area contributed by atoms with Crippen LogP contribution >= 0.6 is 0 Å². The average Bonchev–Trinajstić information content (AvgIpc) is 2.90. The van der Waals surface area contributed by atoms with Gasteiger partial charge in [-0.15, -0.1) is 0 Å². The predicted molar refractivity (Wildman–Crippen MR) is 65.2 cm³/mol. The van der Waals surface area contributed by atoms with Crippen molar-refractivity contribution in [2.24, 2.45) is 0 Å². The highest BCUT2D eigenvalue weighted by atomic mass is 16.3. The summed E-state index contributed by atoms with van der Waals surface area (Å²) in [5.74, 6) is 0.177. The smallest absolute Gasteiger partial charge is 0.322 e. The Balaban J connectivity index is 2.05. The predicted octanol–water partition coefficient (Wildman–Crippen LogP) is 2.23. The van der Waals surface area contributed by atoms with E-state index in [1.165, 1.54) is 0 Å². The zero-order chi connectivity index (χ0) is 11.9. The van der Waals surface area contributed by atoms with Crippen molar-refractivity contribution in [3.63, 3.8) is 0 Å². The van der Waals surface area contributed by atoms with Gasteiger partial charge in [0.15, 0.2) is 0 Å². The molecule has 3 rings (SSSR count). The van der Waals surface area contributed by atoms with Crippen molar-refractivity contribution in [1.82, 2.24) is 5.32 Å².